The van der Waals surface area contributed by atoms with E-state index in [0.29, 0.717) is 31.6 Å². The summed E-state index contributed by atoms with van der Waals surface area (Å²) in [7, 11) is -0.897. The second-order valence-corrected chi connectivity index (χ2v) is 14.8. The fourth-order valence-corrected chi connectivity index (χ4v) is 7.27. The molecule has 0 radical (unpaired) electrons. The molecule has 2 aliphatic rings. The van der Waals surface area contributed by atoms with Crippen LogP contribution >= 0.6 is 0 Å². The van der Waals surface area contributed by atoms with Crippen LogP contribution in [0.25, 0.3) is 0 Å². The van der Waals surface area contributed by atoms with E-state index in [1.54, 1.807) is 12.1 Å². The second kappa shape index (κ2) is 16.5. The highest BCUT2D eigenvalue weighted by Gasteiger charge is 2.44. The monoisotopic (exact) mass is 790 g/mol. The van der Waals surface area contributed by atoms with Gasteiger partial charge in [0.25, 0.3) is 11.8 Å². The fraction of sp³-hybridized carbons (Fsp3) is 0.429. The predicted molar refractivity (Wildman–Crippen MR) is 184 cm³/mol. The molecule has 2 aliphatic heterocycles. The normalized spacial score (nSPS) is 17.4. The number of rotatable bonds is 8. The van der Waals surface area contributed by atoms with Crippen LogP contribution < -0.4 is 24.6 Å². The van der Waals surface area contributed by atoms with Crippen LogP contribution in [-0.4, -0.2) is 99.0 Å². The number of anilines is 2. The van der Waals surface area contributed by atoms with Gasteiger partial charge in [0.05, 0.1) is 4.90 Å². The predicted octanol–water partition coefficient (Wildman–Crippen LogP) is 4.73. The molecule has 0 saturated carbocycles. The fourth-order valence-electron chi connectivity index (χ4n) is 5.83. The Balaban J connectivity index is 0.000000258. The summed E-state index contributed by atoms with van der Waals surface area (Å²) in [5.41, 5.74) is -1.68. The van der Waals surface area contributed by atoms with Crippen molar-refractivity contribution >= 4 is 33.2 Å². The number of alkyl halides is 6. The van der Waals surface area contributed by atoms with E-state index in [4.69, 9.17) is 0 Å². The molecule has 0 spiro atoms. The number of halogens is 6. The molecule has 0 bridgehead atoms. The number of amides is 2. The second-order valence-electron chi connectivity index (χ2n) is 12.8. The first-order valence-corrected chi connectivity index (χ1v) is 18.0. The number of hydrogen-bond donors (Lipinski definition) is 3. The molecule has 0 atom stereocenters. The van der Waals surface area contributed by atoms with E-state index in [2.05, 4.69) is 14.8 Å². The van der Waals surface area contributed by atoms with Crippen LogP contribution in [0, 0.1) is 6.92 Å². The molecule has 0 aromatic heterocycles. The van der Waals surface area contributed by atoms with E-state index in [9.17, 15) is 54.6 Å². The maximum Gasteiger partial charge on any atom is 0.573 e. The first-order valence-electron chi connectivity index (χ1n) is 16.5. The van der Waals surface area contributed by atoms with Crippen LogP contribution in [0.5, 0.6) is 11.5 Å². The van der Waals surface area contributed by atoms with Gasteiger partial charge < -0.3 is 34.8 Å². The SMILES string of the molecule is CN(C(=O)C1(O)CCNCC1)c1ccc(OC(F)(F)F)cc1.Cc1ccc(S(=O)(=O)N2CCC(O)(C(=O)N(C)c3ccc(OC(F)(F)F)cc3)CC2)cc1. The Labute approximate surface area is 307 Å². The molecule has 5 rings (SSSR count). The minimum absolute atomic E-state index is 0.0509. The zero-order valence-corrected chi connectivity index (χ0v) is 30.3. The molecule has 2 heterocycles. The van der Waals surface area contributed by atoms with Crippen molar-refractivity contribution in [2.24, 2.45) is 0 Å². The largest absolute Gasteiger partial charge is 0.573 e. The molecule has 54 heavy (non-hydrogen) atoms. The highest BCUT2D eigenvalue weighted by molar-refractivity contribution is 7.89. The topological polar surface area (TPSA) is 149 Å². The van der Waals surface area contributed by atoms with E-state index in [0.717, 1.165) is 34.7 Å². The van der Waals surface area contributed by atoms with Crippen molar-refractivity contribution in [1.29, 1.82) is 0 Å². The molecule has 0 unspecified atom stereocenters. The van der Waals surface area contributed by atoms with E-state index < -0.39 is 51.5 Å². The maximum absolute atomic E-state index is 12.9. The van der Waals surface area contributed by atoms with Crippen molar-refractivity contribution in [3.05, 3.63) is 78.4 Å². The maximum atomic E-state index is 12.9. The minimum atomic E-state index is -4.83. The van der Waals surface area contributed by atoms with Crippen molar-refractivity contribution in [1.82, 2.24) is 9.62 Å². The standard InChI is InChI=1S/C21H23F3N2O5S.C14H17F3N2O3/c1-15-3-9-18(10-4-15)32(29,30)26-13-11-20(28,12-14-26)19(27)25(2)16-5-7-17(8-6-16)31-21(22,23)24;1-19(12(20)13(21)6-8-18-9-7-13)10-2-4-11(5-3-10)22-14(15,16)17/h3-10,28H,11-14H2,1-2H3;2-5,18,21H,6-9H2,1H3. The van der Waals surface area contributed by atoms with Gasteiger partial charge >= 0.3 is 12.7 Å². The summed E-state index contributed by atoms with van der Waals surface area (Å²) in [4.78, 5) is 27.8. The lowest BCUT2D eigenvalue weighted by atomic mass is 9.91. The lowest BCUT2D eigenvalue weighted by molar-refractivity contribution is -0.275. The molecule has 296 valence electrons. The van der Waals surface area contributed by atoms with E-state index in [1.165, 1.54) is 59.7 Å². The average Bonchev–Trinajstić information content (AvgIpc) is 3.10. The molecule has 2 amide bonds. The molecule has 3 aromatic rings. The molecule has 2 fully saturated rings. The van der Waals surface area contributed by atoms with Crippen molar-refractivity contribution in [2.45, 2.75) is 61.4 Å². The first-order chi connectivity index (χ1) is 25.0. The Bertz CT molecular complexity index is 1840. The van der Waals surface area contributed by atoms with E-state index in [1.807, 2.05) is 6.92 Å². The minimum Gasteiger partial charge on any atom is -0.406 e. The Morgan fingerprint density at radius 2 is 1.06 bits per heavy atom. The molecule has 2 saturated heterocycles. The molecule has 12 nitrogen and oxygen atoms in total. The zero-order chi connectivity index (χ0) is 40.1. The van der Waals surface area contributed by atoms with Gasteiger partial charge in [0, 0.05) is 38.6 Å². The number of aryl methyl sites for hydroxylation is 1. The third kappa shape index (κ3) is 10.8. The number of ether oxygens (including phenoxy) is 2. The van der Waals surface area contributed by atoms with Gasteiger partial charge in [-0.3, -0.25) is 9.59 Å². The molecular weight excluding hydrogens is 750 g/mol. The van der Waals surface area contributed by atoms with Gasteiger partial charge in [0.1, 0.15) is 22.7 Å². The number of carbonyl (C=O) groups excluding carboxylic acids is 2. The number of piperidine rings is 2. The summed E-state index contributed by atoms with van der Waals surface area (Å²) in [5.74, 6) is -1.94. The number of aliphatic hydroxyl groups is 2. The van der Waals surface area contributed by atoms with Crippen molar-refractivity contribution in [3.8, 4) is 11.5 Å². The van der Waals surface area contributed by atoms with Gasteiger partial charge in [0.15, 0.2) is 0 Å². The summed E-state index contributed by atoms with van der Waals surface area (Å²) in [6.45, 7) is 2.81. The molecule has 19 heteroatoms. The Morgan fingerprint density at radius 1 is 0.685 bits per heavy atom. The van der Waals surface area contributed by atoms with Gasteiger partial charge in [-0.2, -0.15) is 4.31 Å². The third-order valence-corrected chi connectivity index (χ3v) is 10.9. The summed E-state index contributed by atoms with van der Waals surface area (Å²) < 4.78 is 108. The third-order valence-electron chi connectivity index (χ3n) is 8.96. The Hall–Kier alpha value is -4.43. The number of carbonyl (C=O) groups is 2. The lowest BCUT2D eigenvalue weighted by Crippen LogP contribution is -2.55. The van der Waals surface area contributed by atoms with Gasteiger partial charge in [0.2, 0.25) is 10.0 Å². The molecule has 3 aromatic carbocycles. The molecule has 0 aliphatic carbocycles. The van der Waals surface area contributed by atoms with Crippen LogP contribution in [0.2, 0.25) is 0 Å². The average molecular weight is 791 g/mol. The lowest BCUT2D eigenvalue weighted by Gasteiger charge is -2.38. The summed E-state index contributed by atoms with van der Waals surface area (Å²) in [5, 5.41) is 24.3. The van der Waals surface area contributed by atoms with E-state index in [-0.39, 0.29) is 42.3 Å². The van der Waals surface area contributed by atoms with Crippen LogP contribution in [0.4, 0.5) is 37.7 Å². The quantitative estimate of drug-likeness (QED) is 0.276. The first kappa shape index (κ1) is 42.3. The summed E-state index contributed by atoms with van der Waals surface area (Å²) >= 11 is 0. The number of benzene rings is 3. The number of likely N-dealkylation sites (N-methyl/N-ethyl adjacent to an activating group) is 2. The van der Waals surface area contributed by atoms with E-state index >= 15 is 0 Å². The van der Waals surface area contributed by atoms with Crippen LogP contribution in [-0.2, 0) is 19.6 Å². The van der Waals surface area contributed by atoms with Gasteiger partial charge in [-0.1, -0.05) is 17.7 Å². The van der Waals surface area contributed by atoms with Crippen LogP contribution in [0.1, 0.15) is 31.2 Å². The number of nitrogens with zero attached hydrogens (tertiary/aromatic N) is 3. The van der Waals surface area contributed by atoms with Crippen LogP contribution in [0.3, 0.4) is 0 Å². The highest BCUT2D eigenvalue weighted by atomic mass is 32.2. The smallest absolute Gasteiger partial charge is 0.406 e. The number of hydrogen-bond acceptors (Lipinski definition) is 9. The number of nitrogens with one attached hydrogen (secondary N) is 1. The summed E-state index contributed by atoms with van der Waals surface area (Å²) in [6.07, 6.45) is -9.22. The molecular formula is C35H40F6N4O8S. The molecule has 3 N–H and O–H groups in total. The van der Waals surface area contributed by atoms with Crippen LogP contribution in [0.15, 0.2) is 77.7 Å². The van der Waals surface area contributed by atoms with Crippen molar-refractivity contribution < 1.29 is 64.0 Å². The highest BCUT2D eigenvalue weighted by Crippen LogP contribution is 2.32. The van der Waals surface area contributed by atoms with Crippen molar-refractivity contribution in [2.75, 3.05) is 50.1 Å². The Kier molecular flexibility index (Phi) is 12.9. The zero-order valence-electron chi connectivity index (χ0n) is 29.4. The van der Waals surface area contributed by atoms with Gasteiger partial charge in [-0.15, -0.1) is 26.3 Å². The number of sulfonamides is 1. The Morgan fingerprint density at radius 3 is 1.43 bits per heavy atom. The van der Waals surface area contributed by atoms with Gasteiger partial charge in [-0.05, 0) is 106 Å². The van der Waals surface area contributed by atoms with Gasteiger partial charge in [-0.25, -0.2) is 8.42 Å². The summed E-state index contributed by atoms with van der Waals surface area (Å²) in [6, 6.07) is 16.0. The van der Waals surface area contributed by atoms with Crippen molar-refractivity contribution in [3.63, 3.8) is 0 Å².